The second kappa shape index (κ2) is 7.22. The Hall–Kier alpha value is -2.88. The number of benzene rings is 2. The van der Waals surface area contributed by atoms with Gasteiger partial charge in [0.2, 0.25) is 0 Å². The average Bonchev–Trinajstić information content (AvgIpc) is 2.53. The molecule has 2 rings (SSSR count). The minimum atomic E-state index is -0.459. The summed E-state index contributed by atoms with van der Waals surface area (Å²) in [6, 6.07) is 14.0. The van der Waals surface area contributed by atoms with Crippen molar-refractivity contribution in [1.29, 1.82) is 0 Å². The minimum absolute atomic E-state index is 0.229. The summed E-state index contributed by atoms with van der Waals surface area (Å²) in [4.78, 5) is 23.3. The molecule has 22 heavy (non-hydrogen) atoms. The predicted molar refractivity (Wildman–Crippen MR) is 84.1 cm³/mol. The van der Waals surface area contributed by atoms with Gasteiger partial charge in [0.25, 0.3) is 0 Å². The Labute approximate surface area is 129 Å². The quantitative estimate of drug-likeness (QED) is 0.367. The maximum Gasteiger partial charge on any atom is 0.308 e. The first kappa shape index (κ1) is 15.5. The zero-order chi connectivity index (χ0) is 15.9. The molecule has 0 saturated carbocycles. The van der Waals surface area contributed by atoms with Gasteiger partial charge in [-0.15, -0.1) is 0 Å². The summed E-state index contributed by atoms with van der Waals surface area (Å²) in [6.07, 6.45) is 3.15. The van der Waals surface area contributed by atoms with Crippen molar-refractivity contribution in [3.8, 4) is 11.5 Å². The third-order valence-corrected chi connectivity index (χ3v) is 2.95. The van der Waals surface area contributed by atoms with Crippen molar-refractivity contribution in [3.05, 3.63) is 65.7 Å². The maximum atomic E-state index is 12.2. The Morgan fingerprint density at radius 2 is 1.68 bits per heavy atom. The van der Waals surface area contributed by atoms with Crippen molar-refractivity contribution >= 4 is 17.8 Å². The highest BCUT2D eigenvalue weighted by Gasteiger charge is 2.10. The van der Waals surface area contributed by atoms with E-state index < -0.39 is 5.97 Å². The first-order valence-electron chi connectivity index (χ1n) is 6.74. The van der Waals surface area contributed by atoms with E-state index >= 15 is 0 Å². The van der Waals surface area contributed by atoms with Crippen LogP contribution in [0, 0.1) is 0 Å². The highest BCUT2D eigenvalue weighted by Crippen LogP contribution is 2.20. The van der Waals surface area contributed by atoms with Crippen molar-refractivity contribution in [2.45, 2.75) is 6.92 Å². The zero-order valence-corrected chi connectivity index (χ0v) is 12.4. The van der Waals surface area contributed by atoms with Crippen molar-refractivity contribution in [3.63, 3.8) is 0 Å². The monoisotopic (exact) mass is 296 g/mol. The Morgan fingerprint density at radius 3 is 2.32 bits per heavy atom. The van der Waals surface area contributed by atoms with E-state index in [1.807, 2.05) is 24.3 Å². The zero-order valence-electron chi connectivity index (χ0n) is 12.4. The molecule has 0 unspecified atom stereocenters. The molecule has 0 bridgehead atoms. The van der Waals surface area contributed by atoms with Crippen LogP contribution in [0.5, 0.6) is 11.5 Å². The minimum Gasteiger partial charge on any atom is -0.497 e. The number of ether oxygens (including phenoxy) is 2. The molecule has 0 aliphatic heterocycles. The normalized spacial score (nSPS) is 10.5. The molecular formula is C18H16O4. The molecule has 0 fully saturated rings. The van der Waals surface area contributed by atoms with Crippen LogP contribution in [0.25, 0.3) is 6.08 Å². The summed E-state index contributed by atoms with van der Waals surface area (Å²) >= 11 is 0. The Bertz CT molecular complexity index is 699. The lowest BCUT2D eigenvalue weighted by atomic mass is 10.1. The Kier molecular flexibility index (Phi) is 5.09. The fraction of sp³-hybridized carbons (Fsp3) is 0.111. The van der Waals surface area contributed by atoms with Crippen LogP contribution in [0.2, 0.25) is 0 Å². The fourth-order valence-electron chi connectivity index (χ4n) is 1.89. The van der Waals surface area contributed by atoms with Crippen LogP contribution in [0.15, 0.2) is 54.6 Å². The number of hydrogen-bond acceptors (Lipinski definition) is 4. The second-order valence-corrected chi connectivity index (χ2v) is 4.56. The second-order valence-electron chi connectivity index (χ2n) is 4.56. The molecule has 0 saturated heterocycles. The fourth-order valence-corrected chi connectivity index (χ4v) is 1.89. The summed E-state index contributed by atoms with van der Waals surface area (Å²) in [6.45, 7) is 1.30. The first-order chi connectivity index (χ1) is 10.6. The molecule has 2 aromatic carbocycles. The number of esters is 1. The Balaban J connectivity index is 2.17. The smallest absolute Gasteiger partial charge is 0.308 e. The highest BCUT2D eigenvalue weighted by molar-refractivity contribution is 6.08. The molecule has 4 heteroatoms. The number of rotatable bonds is 5. The van der Waals surface area contributed by atoms with Gasteiger partial charge in [-0.3, -0.25) is 9.59 Å². The van der Waals surface area contributed by atoms with E-state index in [0.29, 0.717) is 5.56 Å². The van der Waals surface area contributed by atoms with E-state index in [1.165, 1.54) is 13.0 Å². The van der Waals surface area contributed by atoms with Crippen LogP contribution in [-0.4, -0.2) is 18.9 Å². The van der Waals surface area contributed by atoms with Crippen LogP contribution in [-0.2, 0) is 4.79 Å². The van der Waals surface area contributed by atoms with Gasteiger partial charge < -0.3 is 9.47 Å². The van der Waals surface area contributed by atoms with Gasteiger partial charge in [-0.25, -0.2) is 0 Å². The SMILES string of the molecule is COc1ccc(C=CC(=O)c2ccccc2OC(C)=O)cc1. The number of methoxy groups -OCH3 is 1. The van der Waals surface area contributed by atoms with Crippen LogP contribution in [0.4, 0.5) is 0 Å². The summed E-state index contributed by atoms with van der Waals surface area (Å²) in [7, 11) is 1.60. The molecule has 0 N–H and O–H groups in total. The van der Waals surface area contributed by atoms with Crippen molar-refractivity contribution in [2.24, 2.45) is 0 Å². The van der Waals surface area contributed by atoms with Gasteiger partial charge >= 0.3 is 5.97 Å². The van der Waals surface area contributed by atoms with Crippen molar-refractivity contribution < 1.29 is 19.1 Å². The summed E-state index contributed by atoms with van der Waals surface area (Å²) in [5, 5.41) is 0. The van der Waals surface area contributed by atoms with Gasteiger partial charge in [0, 0.05) is 6.92 Å². The number of ketones is 1. The van der Waals surface area contributed by atoms with Gasteiger partial charge in [0.05, 0.1) is 12.7 Å². The van der Waals surface area contributed by atoms with Crippen molar-refractivity contribution in [2.75, 3.05) is 7.11 Å². The third-order valence-electron chi connectivity index (χ3n) is 2.95. The number of para-hydroxylation sites is 1. The van der Waals surface area contributed by atoms with E-state index in [2.05, 4.69) is 0 Å². The predicted octanol–water partition coefficient (Wildman–Crippen LogP) is 3.52. The van der Waals surface area contributed by atoms with E-state index in [1.54, 1.807) is 37.5 Å². The van der Waals surface area contributed by atoms with E-state index in [-0.39, 0.29) is 11.5 Å². The molecule has 0 amide bonds. The molecule has 0 aliphatic carbocycles. The molecule has 4 nitrogen and oxygen atoms in total. The molecular weight excluding hydrogens is 280 g/mol. The molecule has 0 aromatic heterocycles. The van der Waals surface area contributed by atoms with Crippen LogP contribution >= 0.6 is 0 Å². The number of carbonyl (C=O) groups excluding carboxylic acids is 2. The molecule has 0 spiro atoms. The largest absolute Gasteiger partial charge is 0.497 e. The molecule has 0 aliphatic rings. The first-order valence-corrected chi connectivity index (χ1v) is 6.74. The van der Waals surface area contributed by atoms with Gasteiger partial charge in [-0.05, 0) is 35.9 Å². The van der Waals surface area contributed by atoms with E-state index in [0.717, 1.165) is 11.3 Å². The maximum absolute atomic E-state index is 12.2. The molecule has 2 aromatic rings. The van der Waals surface area contributed by atoms with Crippen LogP contribution in [0.3, 0.4) is 0 Å². The van der Waals surface area contributed by atoms with E-state index in [4.69, 9.17) is 9.47 Å². The average molecular weight is 296 g/mol. The van der Waals surface area contributed by atoms with Gasteiger partial charge in [-0.1, -0.05) is 30.3 Å². The number of hydrogen-bond donors (Lipinski definition) is 0. The molecule has 0 atom stereocenters. The molecule has 0 radical (unpaired) electrons. The Morgan fingerprint density at radius 1 is 1.00 bits per heavy atom. The summed E-state index contributed by atoms with van der Waals surface area (Å²) in [5.41, 5.74) is 1.22. The third kappa shape index (κ3) is 4.06. The summed E-state index contributed by atoms with van der Waals surface area (Å²) < 4.78 is 10.1. The highest BCUT2D eigenvalue weighted by atomic mass is 16.5. The molecule has 0 heterocycles. The summed E-state index contributed by atoms with van der Waals surface area (Å²) in [5.74, 6) is 0.329. The van der Waals surface area contributed by atoms with Gasteiger partial charge in [0.1, 0.15) is 11.5 Å². The number of allylic oxidation sites excluding steroid dienone is 1. The number of carbonyl (C=O) groups is 2. The van der Waals surface area contributed by atoms with E-state index in [9.17, 15) is 9.59 Å². The molecule has 112 valence electrons. The lowest BCUT2D eigenvalue weighted by Gasteiger charge is -2.05. The standard InChI is InChI=1S/C18H16O4/c1-13(19)22-18-6-4-3-5-16(18)17(20)12-9-14-7-10-15(21-2)11-8-14/h3-12H,1-2H3. The van der Waals surface area contributed by atoms with Gasteiger partial charge in [0.15, 0.2) is 5.78 Å². The van der Waals surface area contributed by atoms with Crippen LogP contribution < -0.4 is 9.47 Å². The lowest BCUT2D eigenvalue weighted by Crippen LogP contribution is -2.06. The van der Waals surface area contributed by atoms with Gasteiger partial charge in [-0.2, -0.15) is 0 Å². The van der Waals surface area contributed by atoms with Crippen LogP contribution in [0.1, 0.15) is 22.8 Å². The van der Waals surface area contributed by atoms with Crippen molar-refractivity contribution in [1.82, 2.24) is 0 Å². The topological polar surface area (TPSA) is 52.6 Å². The lowest BCUT2D eigenvalue weighted by molar-refractivity contribution is -0.131.